The number of carbonyl (C=O) groups is 1. The number of carboxylic acid groups (broad SMARTS) is 1. The fourth-order valence-corrected chi connectivity index (χ4v) is 1.34. The topological polar surface area (TPSA) is 77.2 Å². The number of hydrogen-bond acceptors (Lipinski definition) is 4. The molecule has 0 amide bonds. The van der Waals surface area contributed by atoms with Crippen LogP contribution in [0.2, 0.25) is 0 Å². The predicted molar refractivity (Wildman–Crippen MR) is 57.3 cm³/mol. The van der Waals surface area contributed by atoms with Crippen molar-refractivity contribution in [2.45, 2.75) is 39.3 Å². The molecule has 1 aromatic rings. The zero-order valence-electron chi connectivity index (χ0n) is 9.59. The molecule has 1 aromatic heterocycles. The second kappa shape index (κ2) is 6.22. The van der Waals surface area contributed by atoms with Gasteiger partial charge in [-0.05, 0) is 13.3 Å². The number of rotatable bonds is 7. The standard InChI is InChI=1S/C10H17N3O3/c1-3-4-8(2)16-6-5-13-7-9(10(14)15)11-12-13/h7-8H,3-6H2,1-2H3,(H,14,15). The molecular weight excluding hydrogens is 210 g/mol. The molecule has 0 aliphatic rings. The van der Waals surface area contributed by atoms with Gasteiger partial charge < -0.3 is 9.84 Å². The summed E-state index contributed by atoms with van der Waals surface area (Å²) in [4.78, 5) is 10.5. The van der Waals surface area contributed by atoms with Crippen LogP contribution in [0.15, 0.2) is 6.20 Å². The van der Waals surface area contributed by atoms with Gasteiger partial charge in [-0.3, -0.25) is 0 Å². The number of carboxylic acids is 1. The molecule has 0 fully saturated rings. The summed E-state index contributed by atoms with van der Waals surface area (Å²) in [6.07, 6.45) is 3.74. The first-order valence-corrected chi connectivity index (χ1v) is 5.38. The summed E-state index contributed by atoms with van der Waals surface area (Å²) in [6, 6.07) is 0. The molecule has 0 aliphatic heterocycles. The van der Waals surface area contributed by atoms with Crippen LogP contribution in [-0.2, 0) is 11.3 Å². The first kappa shape index (κ1) is 12.6. The van der Waals surface area contributed by atoms with Crippen LogP contribution in [0.1, 0.15) is 37.2 Å². The van der Waals surface area contributed by atoms with E-state index in [1.54, 1.807) is 0 Å². The largest absolute Gasteiger partial charge is 0.476 e. The third kappa shape index (κ3) is 3.98. The third-order valence-corrected chi connectivity index (χ3v) is 2.18. The van der Waals surface area contributed by atoms with Crippen molar-refractivity contribution in [2.75, 3.05) is 6.61 Å². The van der Waals surface area contributed by atoms with Gasteiger partial charge in [-0.25, -0.2) is 9.48 Å². The second-order valence-electron chi connectivity index (χ2n) is 3.64. The van der Waals surface area contributed by atoms with E-state index in [-0.39, 0.29) is 11.8 Å². The highest BCUT2D eigenvalue weighted by molar-refractivity contribution is 5.84. The van der Waals surface area contributed by atoms with Gasteiger partial charge in [-0.15, -0.1) is 5.10 Å². The molecule has 0 radical (unpaired) electrons. The lowest BCUT2D eigenvalue weighted by Gasteiger charge is -2.11. The summed E-state index contributed by atoms with van der Waals surface area (Å²) in [7, 11) is 0. The number of aromatic nitrogens is 3. The number of aromatic carboxylic acids is 1. The first-order valence-electron chi connectivity index (χ1n) is 5.38. The molecule has 1 atom stereocenters. The molecule has 0 aromatic carbocycles. The molecule has 0 saturated heterocycles. The summed E-state index contributed by atoms with van der Waals surface area (Å²) in [6.45, 7) is 5.17. The van der Waals surface area contributed by atoms with Gasteiger partial charge in [0.05, 0.1) is 25.5 Å². The second-order valence-corrected chi connectivity index (χ2v) is 3.64. The average Bonchev–Trinajstić information content (AvgIpc) is 2.67. The van der Waals surface area contributed by atoms with Crippen molar-refractivity contribution in [3.05, 3.63) is 11.9 Å². The quantitative estimate of drug-likeness (QED) is 0.756. The summed E-state index contributed by atoms with van der Waals surface area (Å²) in [5.41, 5.74) is -0.0402. The Hall–Kier alpha value is -1.43. The average molecular weight is 227 g/mol. The van der Waals surface area contributed by atoms with Crippen LogP contribution >= 0.6 is 0 Å². The third-order valence-electron chi connectivity index (χ3n) is 2.18. The van der Waals surface area contributed by atoms with Gasteiger partial charge in [-0.2, -0.15) is 0 Å². The van der Waals surface area contributed by atoms with Crippen molar-refractivity contribution in [3.8, 4) is 0 Å². The van der Waals surface area contributed by atoms with Crippen molar-refractivity contribution in [1.82, 2.24) is 15.0 Å². The molecule has 6 heteroatoms. The zero-order chi connectivity index (χ0) is 12.0. The number of ether oxygens (including phenoxy) is 1. The molecule has 6 nitrogen and oxygen atoms in total. The van der Waals surface area contributed by atoms with E-state index < -0.39 is 5.97 Å². The Morgan fingerprint density at radius 1 is 1.69 bits per heavy atom. The van der Waals surface area contributed by atoms with E-state index in [0.29, 0.717) is 13.2 Å². The lowest BCUT2D eigenvalue weighted by Crippen LogP contribution is -2.13. The molecule has 1 unspecified atom stereocenters. The van der Waals surface area contributed by atoms with Crippen LogP contribution in [0.4, 0.5) is 0 Å². The monoisotopic (exact) mass is 227 g/mol. The van der Waals surface area contributed by atoms with E-state index >= 15 is 0 Å². The maximum absolute atomic E-state index is 10.5. The summed E-state index contributed by atoms with van der Waals surface area (Å²) < 4.78 is 6.99. The van der Waals surface area contributed by atoms with E-state index in [1.165, 1.54) is 10.9 Å². The van der Waals surface area contributed by atoms with Gasteiger partial charge in [-0.1, -0.05) is 18.6 Å². The molecule has 0 saturated carbocycles. The van der Waals surface area contributed by atoms with Crippen molar-refractivity contribution in [2.24, 2.45) is 0 Å². The van der Waals surface area contributed by atoms with Crippen LogP contribution in [-0.4, -0.2) is 38.8 Å². The predicted octanol–water partition coefficient (Wildman–Crippen LogP) is 1.18. The van der Waals surface area contributed by atoms with Crippen LogP contribution in [0.25, 0.3) is 0 Å². The molecule has 16 heavy (non-hydrogen) atoms. The van der Waals surface area contributed by atoms with Crippen LogP contribution < -0.4 is 0 Å². The highest BCUT2D eigenvalue weighted by atomic mass is 16.5. The van der Waals surface area contributed by atoms with E-state index in [4.69, 9.17) is 9.84 Å². The Kier molecular flexibility index (Phi) is 4.91. The number of nitrogens with zero attached hydrogens (tertiary/aromatic N) is 3. The molecule has 90 valence electrons. The van der Waals surface area contributed by atoms with Crippen molar-refractivity contribution in [3.63, 3.8) is 0 Å². The van der Waals surface area contributed by atoms with E-state index in [9.17, 15) is 4.79 Å². The fourth-order valence-electron chi connectivity index (χ4n) is 1.34. The molecular formula is C10H17N3O3. The lowest BCUT2D eigenvalue weighted by atomic mass is 10.2. The minimum Gasteiger partial charge on any atom is -0.476 e. The molecule has 0 spiro atoms. The minimum absolute atomic E-state index is 0.0402. The van der Waals surface area contributed by atoms with Gasteiger partial charge in [0.1, 0.15) is 0 Å². The Labute approximate surface area is 94.2 Å². The van der Waals surface area contributed by atoms with E-state index in [1.807, 2.05) is 6.92 Å². The van der Waals surface area contributed by atoms with Crippen LogP contribution in [0, 0.1) is 0 Å². The Morgan fingerprint density at radius 3 is 3.00 bits per heavy atom. The number of hydrogen-bond donors (Lipinski definition) is 1. The summed E-state index contributed by atoms with van der Waals surface area (Å²) in [5.74, 6) is -1.06. The van der Waals surface area contributed by atoms with Gasteiger partial charge >= 0.3 is 5.97 Å². The van der Waals surface area contributed by atoms with E-state index in [2.05, 4.69) is 17.2 Å². The van der Waals surface area contributed by atoms with Gasteiger partial charge in [0.25, 0.3) is 0 Å². The molecule has 0 bridgehead atoms. The fraction of sp³-hybridized carbons (Fsp3) is 0.700. The van der Waals surface area contributed by atoms with Crippen LogP contribution in [0.3, 0.4) is 0 Å². The molecule has 1 N–H and O–H groups in total. The molecule has 1 rings (SSSR count). The van der Waals surface area contributed by atoms with Crippen molar-refractivity contribution in [1.29, 1.82) is 0 Å². The highest BCUT2D eigenvalue weighted by Gasteiger charge is 2.08. The molecule has 0 aliphatic carbocycles. The normalized spacial score (nSPS) is 12.6. The Bertz CT molecular complexity index is 338. The van der Waals surface area contributed by atoms with Crippen molar-refractivity contribution >= 4 is 5.97 Å². The lowest BCUT2D eigenvalue weighted by molar-refractivity contribution is 0.0525. The van der Waals surface area contributed by atoms with Gasteiger partial charge in [0, 0.05) is 0 Å². The molecule has 1 heterocycles. The summed E-state index contributed by atoms with van der Waals surface area (Å²) >= 11 is 0. The minimum atomic E-state index is -1.06. The van der Waals surface area contributed by atoms with Gasteiger partial charge in [0.15, 0.2) is 5.69 Å². The first-order chi connectivity index (χ1) is 7.63. The maximum atomic E-state index is 10.5. The van der Waals surface area contributed by atoms with Crippen molar-refractivity contribution < 1.29 is 14.6 Å². The van der Waals surface area contributed by atoms with E-state index in [0.717, 1.165) is 12.8 Å². The Morgan fingerprint density at radius 2 is 2.44 bits per heavy atom. The van der Waals surface area contributed by atoms with Gasteiger partial charge in [0.2, 0.25) is 0 Å². The highest BCUT2D eigenvalue weighted by Crippen LogP contribution is 2.01. The smallest absolute Gasteiger partial charge is 0.358 e. The van der Waals surface area contributed by atoms with Crippen LogP contribution in [0.5, 0.6) is 0 Å². The Balaban J connectivity index is 2.29. The SMILES string of the molecule is CCCC(C)OCCn1cc(C(=O)O)nn1. The summed E-state index contributed by atoms with van der Waals surface area (Å²) in [5, 5.41) is 15.8. The maximum Gasteiger partial charge on any atom is 0.358 e. The zero-order valence-corrected chi connectivity index (χ0v) is 9.59.